The van der Waals surface area contributed by atoms with Gasteiger partial charge < -0.3 is 0 Å². The van der Waals surface area contributed by atoms with Crippen molar-refractivity contribution in [2.45, 2.75) is 37.5 Å². The number of amides is 2. The molecule has 0 spiro atoms. The predicted octanol–water partition coefficient (Wildman–Crippen LogP) is 1.73. The number of hydrogen-bond acceptors (Lipinski definition) is 5. The molecule has 6 heteroatoms. The van der Waals surface area contributed by atoms with Crippen LogP contribution in [0.5, 0.6) is 0 Å². The first-order valence-corrected chi connectivity index (χ1v) is 7.09. The van der Waals surface area contributed by atoms with Crippen LogP contribution in [0.15, 0.2) is 5.03 Å². The Bertz CT molecular complexity index is 649. The number of carbonyl (C=O) groups excluding carboxylic acids is 2. The van der Waals surface area contributed by atoms with E-state index in [0.717, 1.165) is 21.7 Å². The van der Waals surface area contributed by atoms with Crippen LogP contribution in [-0.4, -0.2) is 34.0 Å². The van der Waals surface area contributed by atoms with Crippen LogP contribution in [-0.2, 0) is 9.59 Å². The van der Waals surface area contributed by atoms with Crippen LogP contribution < -0.4 is 0 Å². The van der Waals surface area contributed by atoms with E-state index in [9.17, 15) is 14.9 Å². The highest BCUT2D eigenvalue weighted by Gasteiger charge is 2.37. The number of thioether (sulfide) groups is 1. The molecular weight excluding hydrogens is 274 g/mol. The minimum atomic E-state index is -0.478. The van der Waals surface area contributed by atoms with Crippen molar-refractivity contribution in [3.05, 3.63) is 22.4 Å². The number of nitrogens with zero attached hydrogens (tertiary/aromatic N) is 3. The van der Waals surface area contributed by atoms with Crippen LogP contribution in [0.1, 0.15) is 28.8 Å². The van der Waals surface area contributed by atoms with Gasteiger partial charge in [-0.3, -0.25) is 14.5 Å². The Morgan fingerprint density at radius 3 is 2.45 bits per heavy atom. The van der Waals surface area contributed by atoms with Crippen LogP contribution in [0, 0.1) is 32.1 Å². The molecule has 1 fully saturated rings. The van der Waals surface area contributed by atoms with E-state index in [0.29, 0.717) is 10.6 Å². The van der Waals surface area contributed by atoms with Gasteiger partial charge in [0.25, 0.3) is 0 Å². The molecule has 1 aromatic rings. The summed E-state index contributed by atoms with van der Waals surface area (Å²) < 4.78 is 0. The van der Waals surface area contributed by atoms with Gasteiger partial charge in [-0.15, -0.1) is 0 Å². The number of aromatic nitrogens is 1. The lowest BCUT2D eigenvalue weighted by atomic mass is 10.1. The molecule has 20 heavy (non-hydrogen) atoms. The number of imide groups is 1. The van der Waals surface area contributed by atoms with Crippen molar-refractivity contribution in [2.24, 2.45) is 0 Å². The molecule has 0 N–H and O–H groups in total. The Morgan fingerprint density at radius 1 is 1.30 bits per heavy atom. The van der Waals surface area contributed by atoms with Crippen LogP contribution >= 0.6 is 11.8 Å². The third-order valence-electron chi connectivity index (χ3n) is 3.67. The summed E-state index contributed by atoms with van der Waals surface area (Å²) in [5.74, 6) is -0.409. The Labute approximate surface area is 122 Å². The molecule has 0 aromatic carbocycles. The summed E-state index contributed by atoms with van der Waals surface area (Å²) >= 11 is 1.21. The number of aryl methyl sites for hydroxylation is 1. The smallest absolute Gasteiger partial charge is 0.242 e. The zero-order valence-electron chi connectivity index (χ0n) is 11.9. The van der Waals surface area contributed by atoms with Crippen molar-refractivity contribution < 1.29 is 9.59 Å². The zero-order chi connectivity index (χ0) is 15.0. The first kappa shape index (κ1) is 14.5. The summed E-state index contributed by atoms with van der Waals surface area (Å²) in [7, 11) is 1.48. The fourth-order valence-electron chi connectivity index (χ4n) is 2.08. The van der Waals surface area contributed by atoms with Gasteiger partial charge in [-0.1, -0.05) is 11.8 Å². The fraction of sp³-hybridized carbons (Fsp3) is 0.429. The van der Waals surface area contributed by atoms with Gasteiger partial charge in [-0.2, -0.15) is 5.26 Å². The Hall–Kier alpha value is -1.87. The van der Waals surface area contributed by atoms with Crippen LogP contribution in [0.25, 0.3) is 0 Å². The molecule has 1 unspecified atom stereocenters. The topological polar surface area (TPSA) is 74.1 Å². The van der Waals surface area contributed by atoms with Crippen molar-refractivity contribution in [3.8, 4) is 6.07 Å². The highest BCUT2D eigenvalue weighted by atomic mass is 32.2. The summed E-state index contributed by atoms with van der Waals surface area (Å²) in [6.45, 7) is 5.67. The maximum absolute atomic E-state index is 11.9. The third-order valence-corrected chi connectivity index (χ3v) is 4.84. The third kappa shape index (κ3) is 2.29. The van der Waals surface area contributed by atoms with Crippen molar-refractivity contribution >= 4 is 23.6 Å². The van der Waals surface area contributed by atoms with Gasteiger partial charge in [0.15, 0.2) is 0 Å². The SMILES string of the molecule is Cc1nc(SC2CC(=O)N(C)C2=O)c(C#N)c(C)c1C. The summed E-state index contributed by atoms with van der Waals surface area (Å²) in [5.41, 5.74) is 3.20. The number of nitriles is 1. The molecule has 2 rings (SSSR count). The van der Waals surface area contributed by atoms with Crippen LogP contribution in [0.4, 0.5) is 0 Å². The molecular formula is C14H15N3O2S. The van der Waals surface area contributed by atoms with Gasteiger partial charge in [0, 0.05) is 19.2 Å². The Morgan fingerprint density at radius 2 is 1.95 bits per heavy atom. The molecule has 0 radical (unpaired) electrons. The van der Waals surface area contributed by atoms with E-state index < -0.39 is 5.25 Å². The fourth-order valence-corrected chi connectivity index (χ4v) is 3.34. The maximum Gasteiger partial charge on any atom is 0.242 e. The van der Waals surface area contributed by atoms with Gasteiger partial charge in [-0.05, 0) is 31.9 Å². The van der Waals surface area contributed by atoms with E-state index in [4.69, 9.17) is 0 Å². The first-order chi connectivity index (χ1) is 9.36. The quantitative estimate of drug-likeness (QED) is 0.775. The zero-order valence-corrected chi connectivity index (χ0v) is 12.7. The lowest BCUT2D eigenvalue weighted by Crippen LogP contribution is -2.26. The molecule has 0 bridgehead atoms. The summed E-state index contributed by atoms with van der Waals surface area (Å²) in [6.07, 6.45) is 0.165. The van der Waals surface area contributed by atoms with Crippen molar-refractivity contribution in [1.29, 1.82) is 5.26 Å². The van der Waals surface area contributed by atoms with Crippen LogP contribution in [0.2, 0.25) is 0 Å². The van der Waals surface area contributed by atoms with E-state index in [1.165, 1.54) is 18.8 Å². The molecule has 1 aliphatic heterocycles. The van der Waals surface area contributed by atoms with E-state index in [1.54, 1.807) is 0 Å². The molecule has 0 aliphatic carbocycles. The highest BCUT2D eigenvalue weighted by molar-refractivity contribution is 8.00. The van der Waals surface area contributed by atoms with Gasteiger partial charge in [0.05, 0.1) is 10.8 Å². The monoisotopic (exact) mass is 289 g/mol. The summed E-state index contributed by atoms with van der Waals surface area (Å²) in [4.78, 5) is 29.0. The van der Waals surface area contributed by atoms with Crippen molar-refractivity contribution in [2.75, 3.05) is 7.05 Å². The molecule has 2 amide bonds. The van der Waals surface area contributed by atoms with Gasteiger partial charge in [0.1, 0.15) is 11.1 Å². The highest BCUT2D eigenvalue weighted by Crippen LogP contribution is 2.33. The molecule has 1 atom stereocenters. The second kappa shape index (κ2) is 5.25. The molecule has 2 heterocycles. The van der Waals surface area contributed by atoms with Crippen molar-refractivity contribution in [3.63, 3.8) is 0 Å². The van der Waals surface area contributed by atoms with Crippen LogP contribution in [0.3, 0.4) is 0 Å². The van der Waals surface area contributed by atoms with E-state index in [2.05, 4.69) is 11.1 Å². The van der Waals surface area contributed by atoms with E-state index >= 15 is 0 Å². The Kier molecular flexibility index (Phi) is 3.82. The van der Waals surface area contributed by atoms with E-state index in [-0.39, 0.29) is 18.2 Å². The number of carbonyl (C=O) groups is 2. The molecule has 104 valence electrons. The second-order valence-corrected chi connectivity index (χ2v) is 6.03. The van der Waals surface area contributed by atoms with Gasteiger partial charge in [-0.25, -0.2) is 4.98 Å². The first-order valence-electron chi connectivity index (χ1n) is 6.21. The average Bonchev–Trinajstić information content (AvgIpc) is 2.64. The minimum Gasteiger partial charge on any atom is -0.285 e. The average molecular weight is 289 g/mol. The minimum absolute atomic E-state index is 0.165. The second-order valence-electron chi connectivity index (χ2n) is 4.84. The lowest BCUT2D eigenvalue weighted by molar-refractivity contribution is -0.136. The molecule has 5 nitrogen and oxygen atoms in total. The number of hydrogen-bond donors (Lipinski definition) is 0. The molecule has 1 aliphatic rings. The normalized spacial score (nSPS) is 18.6. The van der Waals surface area contributed by atoms with Gasteiger partial charge in [0.2, 0.25) is 11.8 Å². The van der Waals surface area contributed by atoms with E-state index in [1.807, 2.05) is 20.8 Å². The molecule has 1 saturated heterocycles. The molecule has 0 saturated carbocycles. The number of rotatable bonds is 2. The number of likely N-dealkylation sites (tertiary alicyclic amines) is 1. The maximum atomic E-state index is 11.9. The standard InChI is InChI=1S/C14H15N3O2S/c1-7-8(2)10(6-15)13(16-9(7)3)20-11-5-12(18)17(4)14(11)19/h11H,5H2,1-4H3. The molecule has 1 aromatic heterocycles. The lowest BCUT2D eigenvalue weighted by Gasteiger charge is -2.13. The largest absolute Gasteiger partial charge is 0.285 e. The summed E-state index contributed by atoms with van der Waals surface area (Å²) in [6, 6.07) is 2.15. The van der Waals surface area contributed by atoms with Gasteiger partial charge >= 0.3 is 0 Å². The van der Waals surface area contributed by atoms with Crippen molar-refractivity contribution in [1.82, 2.24) is 9.88 Å². The summed E-state index contributed by atoms with van der Waals surface area (Å²) in [5, 5.41) is 9.35. The Balaban J connectivity index is 2.38. The predicted molar refractivity (Wildman–Crippen MR) is 75.2 cm³/mol. The number of pyridine rings is 1.